The van der Waals surface area contributed by atoms with Gasteiger partial charge in [0.15, 0.2) is 0 Å². The molecule has 1 aliphatic heterocycles. The molecule has 0 bridgehead atoms. The first kappa shape index (κ1) is 15.3. The van der Waals surface area contributed by atoms with Crippen molar-refractivity contribution < 1.29 is 14.7 Å². The lowest BCUT2D eigenvalue weighted by Gasteiger charge is -2.26. The van der Waals surface area contributed by atoms with Gasteiger partial charge < -0.3 is 10.0 Å². The van der Waals surface area contributed by atoms with Crippen LogP contribution in [0.4, 0.5) is 0 Å². The molecule has 4 nitrogen and oxygen atoms in total. The molecule has 1 saturated heterocycles. The van der Waals surface area contributed by atoms with Gasteiger partial charge in [-0.15, -0.1) is 11.8 Å². The molecule has 0 saturated carbocycles. The zero-order valence-electron chi connectivity index (χ0n) is 11.4. The van der Waals surface area contributed by atoms with Crippen LogP contribution in [0.25, 0.3) is 0 Å². The summed E-state index contributed by atoms with van der Waals surface area (Å²) in [5, 5.41) is 8.99. The van der Waals surface area contributed by atoms with Gasteiger partial charge in [-0.3, -0.25) is 9.59 Å². The second kappa shape index (κ2) is 7.02. The van der Waals surface area contributed by atoms with Gasteiger partial charge in [0, 0.05) is 12.6 Å². The Labute approximate surface area is 113 Å². The Morgan fingerprint density at radius 2 is 2.17 bits per heavy atom. The van der Waals surface area contributed by atoms with Crippen molar-refractivity contribution in [3.05, 3.63) is 0 Å². The summed E-state index contributed by atoms with van der Waals surface area (Å²) in [5.74, 6) is -0.105. The van der Waals surface area contributed by atoms with Gasteiger partial charge in [0.2, 0.25) is 5.91 Å². The molecular weight excluding hydrogens is 250 g/mol. The van der Waals surface area contributed by atoms with Gasteiger partial charge in [-0.2, -0.15) is 0 Å². The van der Waals surface area contributed by atoms with Crippen LogP contribution in [0.3, 0.4) is 0 Å². The molecule has 1 rings (SSSR count). The third-order valence-corrected chi connectivity index (χ3v) is 4.79. The second-order valence-corrected chi connectivity index (χ2v) is 6.32. The van der Waals surface area contributed by atoms with E-state index in [-0.39, 0.29) is 17.2 Å². The number of unbranched alkanes of at least 4 members (excludes halogenated alkanes) is 1. The molecule has 0 aromatic carbocycles. The predicted molar refractivity (Wildman–Crippen MR) is 73.7 cm³/mol. The third kappa shape index (κ3) is 3.64. The standard InChI is InChI=1S/C13H23NO3S/c1-4-5-8-18-10(3)12(15)14-7-6-11(9(14)2)13(16)17/h9-11H,4-8H2,1-3H3,(H,16,17). The van der Waals surface area contributed by atoms with Crippen molar-refractivity contribution in [2.75, 3.05) is 12.3 Å². The largest absolute Gasteiger partial charge is 0.481 e. The average molecular weight is 273 g/mol. The minimum Gasteiger partial charge on any atom is -0.481 e. The number of carbonyl (C=O) groups excluding carboxylic acids is 1. The maximum atomic E-state index is 12.2. The summed E-state index contributed by atoms with van der Waals surface area (Å²) in [6.45, 7) is 6.47. The quantitative estimate of drug-likeness (QED) is 0.754. The molecular formula is C13H23NO3S. The number of likely N-dealkylation sites (tertiary alicyclic amines) is 1. The Morgan fingerprint density at radius 1 is 1.50 bits per heavy atom. The fourth-order valence-corrected chi connectivity index (χ4v) is 3.38. The zero-order chi connectivity index (χ0) is 13.7. The van der Waals surface area contributed by atoms with Gasteiger partial charge in [-0.05, 0) is 32.4 Å². The predicted octanol–water partition coefficient (Wildman–Crippen LogP) is 2.23. The summed E-state index contributed by atoms with van der Waals surface area (Å²) < 4.78 is 0. The molecule has 1 aliphatic rings. The average Bonchev–Trinajstić information content (AvgIpc) is 2.70. The first-order valence-electron chi connectivity index (χ1n) is 6.64. The van der Waals surface area contributed by atoms with Gasteiger partial charge >= 0.3 is 5.97 Å². The molecule has 0 aliphatic carbocycles. The summed E-state index contributed by atoms with van der Waals surface area (Å²) >= 11 is 1.67. The Morgan fingerprint density at radius 3 is 2.67 bits per heavy atom. The monoisotopic (exact) mass is 273 g/mol. The van der Waals surface area contributed by atoms with Crippen LogP contribution in [0.5, 0.6) is 0 Å². The van der Waals surface area contributed by atoms with Crippen LogP contribution < -0.4 is 0 Å². The Hall–Kier alpha value is -0.710. The SMILES string of the molecule is CCCCSC(C)C(=O)N1CCC(C(=O)O)C1C. The van der Waals surface area contributed by atoms with Crippen molar-refractivity contribution in [1.82, 2.24) is 4.90 Å². The highest BCUT2D eigenvalue weighted by Crippen LogP contribution is 2.27. The molecule has 0 aromatic heterocycles. The van der Waals surface area contributed by atoms with E-state index < -0.39 is 11.9 Å². The van der Waals surface area contributed by atoms with Crippen LogP contribution in [0.2, 0.25) is 0 Å². The van der Waals surface area contributed by atoms with Crippen molar-refractivity contribution >= 4 is 23.6 Å². The van der Waals surface area contributed by atoms with Crippen molar-refractivity contribution in [1.29, 1.82) is 0 Å². The van der Waals surface area contributed by atoms with Crippen LogP contribution in [0.15, 0.2) is 0 Å². The maximum absolute atomic E-state index is 12.2. The van der Waals surface area contributed by atoms with E-state index in [1.54, 1.807) is 16.7 Å². The van der Waals surface area contributed by atoms with E-state index in [2.05, 4.69) is 6.92 Å². The lowest BCUT2D eigenvalue weighted by molar-refractivity contribution is -0.143. The molecule has 1 fully saturated rings. The van der Waals surface area contributed by atoms with Crippen LogP contribution in [0.1, 0.15) is 40.0 Å². The number of nitrogens with zero attached hydrogens (tertiary/aromatic N) is 1. The lowest BCUT2D eigenvalue weighted by Crippen LogP contribution is -2.41. The number of thioether (sulfide) groups is 1. The maximum Gasteiger partial charge on any atom is 0.308 e. The van der Waals surface area contributed by atoms with Crippen LogP contribution >= 0.6 is 11.8 Å². The fraction of sp³-hybridized carbons (Fsp3) is 0.846. The summed E-state index contributed by atoms with van der Waals surface area (Å²) in [7, 11) is 0. The van der Waals surface area contributed by atoms with Gasteiger partial charge in [0.05, 0.1) is 11.2 Å². The molecule has 0 spiro atoms. The first-order chi connectivity index (χ1) is 8.49. The van der Waals surface area contributed by atoms with Gasteiger partial charge in [-0.1, -0.05) is 13.3 Å². The molecule has 1 N–H and O–H groups in total. The number of carboxylic acids is 1. The highest BCUT2D eigenvalue weighted by atomic mass is 32.2. The summed E-state index contributed by atoms with van der Waals surface area (Å²) in [6, 6.07) is -0.177. The topological polar surface area (TPSA) is 57.6 Å². The van der Waals surface area contributed by atoms with Crippen molar-refractivity contribution in [3.8, 4) is 0 Å². The highest BCUT2D eigenvalue weighted by molar-refractivity contribution is 8.00. The van der Waals surface area contributed by atoms with E-state index in [4.69, 9.17) is 5.11 Å². The third-order valence-electron chi connectivity index (χ3n) is 3.57. The van der Waals surface area contributed by atoms with Gasteiger partial charge in [0.25, 0.3) is 0 Å². The van der Waals surface area contributed by atoms with Gasteiger partial charge in [0.1, 0.15) is 0 Å². The van der Waals surface area contributed by atoms with Crippen molar-refractivity contribution in [2.24, 2.45) is 5.92 Å². The number of rotatable bonds is 6. The number of hydrogen-bond acceptors (Lipinski definition) is 3. The Kier molecular flexibility index (Phi) is 5.99. The van der Waals surface area contributed by atoms with E-state index in [1.165, 1.54) is 0 Å². The second-order valence-electron chi connectivity index (χ2n) is 4.87. The smallest absolute Gasteiger partial charge is 0.308 e. The summed E-state index contributed by atoms with van der Waals surface area (Å²) in [6.07, 6.45) is 2.83. The molecule has 0 aromatic rings. The number of carboxylic acid groups (broad SMARTS) is 1. The van der Waals surface area contributed by atoms with E-state index in [0.29, 0.717) is 13.0 Å². The lowest BCUT2D eigenvalue weighted by atomic mass is 10.0. The highest BCUT2D eigenvalue weighted by Gasteiger charge is 2.39. The zero-order valence-corrected chi connectivity index (χ0v) is 12.2. The molecule has 1 amide bonds. The molecule has 1 heterocycles. The van der Waals surface area contributed by atoms with Crippen LogP contribution in [-0.4, -0.2) is 45.5 Å². The van der Waals surface area contributed by atoms with E-state index in [1.807, 2.05) is 13.8 Å². The minimum absolute atomic E-state index is 0.0634. The van der Waals surface area contributed by atoms with Crippen molar-refractivity contribution in [2.45, 2.75) is 51.3 Å². The Balaban J connectivity index is 2.49. The summed E-state index contributed by atoms with van der Waals surface area (Å²) in [5.41, 5.74) is 0. The molecule has 18 heavy (non-hydrogen) atoms. The van der Waals surface area contributed by atoms with E-state index in [0.717, 1.165) is 18.6 Å². The molecule has 3 atom stereocenters. The van der Waals surface area contributed by atoms with Crippen LogP contribution in [-0.2, 0) is 9.59 Å². The van der Waals surface area contributed by atoms with Crippen molar-refractivity contribution in [3.63, 3.8) is 0 Å². The normalized spacial score (nSPS) is 25.2. The van der Waals surface area contributed by atoms with Crippen LogP contribution in [0, 0.1) is 5.92 Å². The first-order valence-corrected chi connectivity index (χ1v) is 7.68. The van der Waals surface area contributed by atoms with Gasteiger partial charge in [-0.25, -0.2) is 0 Å². The number of aliphatic carboxylic acids is 1. The molecule has 3 unspecified atom stereocenters. The van der Waals surface area contributed by atoms with E-state index >= 15 is 0 Å². The molecule has 5 heteroatoms. The molecule has 104 valence electrons. The minimum atomic E-state index is -0.788. The number of hydrogen-bond donors (Lipinski definition) is 1. The van der Waals surface area contributed by atoms with E-state index in [9.17, 15) is 9.59 Å². The Bertz CT molecular complexity index is 309. The fourth-order valence-electron chi connectivity index (χ4n) is 2.29. The molecule has 0 radical (unpaired) electrons. The number of amides is 1. The number of carbonyl (C=O) groups is 2. The summed E-state index contributed by atoms with van der Waals surface area (Å²) in [4.78, 5) is 25.0.